The van der Waals surface area contributed by atoms with E-state index in [1.807, 2.05) is 0 Å². The summed E-state index contributed by atoms with van der Waals surface area (Å²) in [6, 6.07) is 7.17. The van der Waals surface area contributed by atoms with Crippen LogP contribution >= 0.6 is 11.6 Å². The number of rotatable bonds is 6. The molecule has 0 spiro atoms. The van der Waals surface area contributed by atoms with Crippen LogP contribution in [-0.4, -0.2) is 36.5 Å². The quantitative estimate of drug-likeness (QED) is 0.876. The van der Waals surface area contributed by atoms with Crippen LogP contribution in [-0.2, 0) is 4.79 Å². The van der Waals surface area contributed by atoms with E-state index in [0.717, 1.165) is 12.8 Å². The van der Waals surface area contributed by atoms with E-state index in [4.69, 9.17) is 22.1 Å². The van der Waals surface area contributed by atoms with Crippen molar-refractivity contribution in [1.82, 2.24) is 4.90 Å². The Bertz CT molecular complexity index is 477. The van der Waals surface area contributed by atoms with Gasteiger partial charge >= 0.3 is 0 Å². The molecule has 2 atom stereocenters. The maximum atomic E-state index is 12.4. The normalized spacial score (nSPS) is 17.4. The van der Waals surface area contributed by atoms with Gasteiger partial charge in [0.1, 0.15) is 5.75 Å². The minimum Gasteiger partial charge on any atom is -0.481 e. The van der Waals surface area contributed by atoms with E-state index in [2.05, 4.69) is 0 Å². The fourth-order valence-corrected chi connectivity index (χ4v) is 2.57. The second-order valence-corrected chi connectivity index (χ2v) is 5.74. The third-order valence-corrected chi connectivity index (χ3v) is 3.94. The van der Waals surface area contributed by atoms with Gasteiger partial charge in [-0.05, 0) is 43.9 Å². The lowest BCUT2D eigenvalue weighted by atomic mass is 10.1. The molecule has 0 aliphatic heterocycles. The number of nitrogens with two attached hydrogens (primary N) is 1. The van der Waals surface area contributed by atoms with E-state index >= 15 is 0 Å². The van der Waals surface area contributed by atoms with Gasteiger partial charge in [0.15, 0.2) is 6.10 Å². The van der Waals surface area contributed by atoms with Crippen molar-refractivity contribution >= 4 is 17.5 Å². The van der Waals surface area contributed by atoms with E-state index in [9.17, 15) is 4.79 Å². The molecular weight excluding hydrogens is 276 g/mol. The molecule has 1 aromatic carbocycles. The standard InChI is InChI=1S/C15H21ClN2O2/c1-10(20-13-5-3-4-12(16)8-13)15(19)18(2)14(9-17)11-6-7-11/h3-5,8,10-11,14H,6-7,9,17H2,1-2H3. The number of hydrogen-bond acceptors (Lipinski definition) is 3. The van der Waals surface area contributed by atoms with Crippen LogP contribution < -0.4 is 10.5 Å². The Balaban J connectivity index is 1.97. The first kappa shape index (κ1) is 15.1. The molecule has 0 heterocycles. The highest BCUT2D eigenvalue weighted by molar-refractivity contribution is 6.30. The summed E-state index contributed by atoms with van der Waals surface area (Å²) in [5, 5.41) is 0.591. The van der Waals surface area contributed by atoms with Crippen LogP contribution in [0.25, 0.3) is 0 Å². The van der Waals surface area contributed by atoms with Crippen LogP contribution in [0, 0.1) is 5.92 Å². The summed E-state index contributed by atoms with van der Waals surface area (Å²) in [6.45, 7) is 2.25. The molecule has 2 unspecified atom stereocenters. The number of carbonyl (C=O) groups is 1. The molecule has 5 heteroatoms. The average molecular weight is 297 g/mol. The Morgan fingerprint density at radius 1 is 1.55 bits per heavy atom. The third-order valence-electron chi connectivity index (χ3n) is 3.71. The number of hydrogen-bond donors (Lipinski definition) is 1. The predicted octanol–water partition coefficient (Wildman–Crippen LogP) is 2.30. The van der Waals surface area contributed by atoms with E-state index in [1.165, 1.54) is 0 Å². The zero-order chi connectivity index (χ0) is 14.7. The average Bonchev–Trinajstić information content (AvgIpc) is 3.23. The molecule has 0 aromatic heterocycles. The van der Waals surface area contributed by atoms with Gasteiger partial charge in [0.25, 0.3) is 5.91 Å². The van der Waals surface area contributed by atoms with Crippen LogP contribution in [0.3, 0.4) is 0 Å². The first-order valence-electron chi connectivity index (χ1n) is 6.92. The van der Waals surface area contributed by atoms with Gasteiger partial charge in [-0.3, -0.25) is 4.79 Å². The zero-order valence-electron chi connectivity index (χ0n) is 11.9. The maximum Gasteiger partial charge on any atom is 0.263 e. The van der Waals surface area contributed by atoms with Crippen molar-refractivity contribution in [3.8, 4) is 5.75 Å². The summed E-state index contributed by atoms with van der Waals surface area (Å²) in [6.07, 6.45) is 1.76. The first-order valence-corrected chi connectivity index (χ1v) is 7.29. The highest BCUT2D eigenvalue weighted by Crippen LogP contribution is 2.34. The Morgan fingerprint density at radius 2 is 2.25 bits per heavy atom. The first-order chi connectivity index (χ1) is 9.52. The molecule has 0 bridgehead atoms. The Morgan fingerprint density at radius 3 is 2.80 bits per heavy atom. The van der Waals surface area contributed by atoms with Gasteiger partial charge in [0, 0.05) is 24.7 Å². The number of benzene rings is 1. The predicted molar refractivity (Wildman–Crippen MR) is 79.9 cm³/mol. The van der Waals surface area contributed by atoms with Crippen molar-refractivity contribution < 1.29 is 9.53 Å². The largest absolute Gasteiger partial charge is 0.481 e. The summed E-state index contributed by atoms with van der Waals surface area (Å²) in [5.41, 5.74) is 5.77. The molecule has 1 aromatic rings. The van der Waals surface area contributed by atoms with Crippen LogP contribution in [0.15, 0.2) is 24.3 Å². The molecule has 2 N–H and O–H groups in total. The monoisotopic (exact) mass is 296 g/mol. The summed E-state index contributed by atoms with van der Waals surface area (Å²) in [7, 11) is 1.80. The van der Waals surface area contributed by atoms with E-state index in [0.29, 0.717) is 23.2 Å². The number of nitrogens with zero attached hydrogens (tertiary/aromatic N) is 1. The van der Waals surface area contributed by atoms with Gasteiger partial charge in [-0.1, -0.05) is 17.7 Å². The highest BCUT2D eigenvalue weighted by atomic mass is 35.5. The SMILES string of the molecule is CC(Oc1cccc(Cl)c1)C(=O)N(C)C(CN)C1CC1. The summed E-state index contributed by atoms with van der Waals surface area (Å²) >= 11 is 5.90. The van der Waals surface area contributed by atoms with Crippen LogP contribution in [0.5, 0.6) is 5.75 Å². The topological polar surface area (TPSA) is 55.6 Å². The summed E-state index contributed by atoms with van der Waals surface area (Å²) < 4.78 is 5.66. The molecule has 1 aliphatic carbocycles. The van der Waals surface area contributed by atoms with Crippen molar-refractivity contribution in [3.63, 3.8) is 0 Å². The van der Waals surface area contributed by atoms with Gasteiger partial charge < -0.3 is 15.4 Å². The fraction of sp³-hybridized carbons (Fsp3) is 0.533. The number of amides is 1. The smallest absolute Gasteiger partial charge is 0.263 e. The lowest BCUT2D eigenvalue weighted by Crippen LogP contribution is -2.48. The van der Waals surface area contributed by atoms with E-state index in [1.54, 1.807) is 43.1 Å². The van der Waals surface area contributed by atoms with E-state index in [-0.39, 0.29) is 11.9 Å². The minimum absolute atomic E-state index is 0.0488. The molecule has 2 rings (SSSR count). The highest BCUT2D eigenvalue weighted by Gasteiger charge is 2.36. The van der Waals surface area contributed by atoms with Crippen molar-refractivity contribution in [3.05, 3.63) is 29.3 Å². The van der Waals surface area contributed by atoms with Gasteiger partial charge in [-0.15, -0.1) is 0 Å². The van der Waals surface area contributed by atoms with Crippen LogP contribution in [0.4, 0.5) is 0 Å². The minimum atomic E-state index is -0.550. The Labute approximate surface area is 124 Å². The number of ether oxygens (including phenoxy) is 1. The third kappa shape index (κ3) is 3.64. The molecule has 1 fully saturated rings. The van der Waals surface area contributed by atoms with Gasteiger partial charge in [0.2, 0.25) is 0 Å². The molecule has 20 heavy (non-hydrogen) atoms. The number of carbonyl (C=O) groups excluding carboxylic acids is 1. The lowest BCUT2D eigenvalue weighted by Gasteiger charge is -2.29. The van der Waals surface area contributed by atoms with Crippen LogP contribution in [0.1, 0.15) is 19.8 Å². The number of likely N-dealkylation sites (N-methyl/N-ethyl adjacent to an activating group) is 1. The van der Waals surface area contributed by atoms with Crippen molar-refractivity contribution in [1.29, 1.82) is 0 Å². The molecule has 110 valence electrons. The molecule has 0 radical (unpaired) electrons. The van der Waals surface area contributed by atoms with Crippen LogP contribution in [0.2, 0.25) is 5.02 Å². The molecule has 4 nitrogen and oxygen atoms in total. The maximum absolute atomic E-state index is 12.4. The summed E-state index contributed by atoms with van der Waals surface area (Å²) in [5.74, 6) is 1.10. The van der Waals surface area contributed by atoms with Crippen molar-refractivity contribution in [2.45, 2.75) is 31.9 Å². The Kier molecular flexibility index (Phi) is 4.89. The molecule has 1 aliphatic rings. The van der Waals surface area contributed by atoms with Gasteiger partial charge in [0.05, 0.1) is 0 Å². The van der Waals surface area contributed by atoms with Gasteiger partial charge in [-0.25, -0.2) is 0 Å². The zero-order valence-corrected chi connectivity index (χ0v) is 12.6. The summed E-state index contributed by atoms with van der Waals surface area (Å²) in [4.78, 5) is 14.1. The molecular formula is C15H21ClN2O2. The van der Waals surface area contributed by atoms with Crippen molar-refractivity contribution in [2.75, 3.05) is 13.6 Å². The van der Waals surface area contributed by atoms with Gasteiger partial charge in [-0.2, -0.15) is 0 Å². The fourth-order valence-electron chi connectivity index (χ4n) is 2.39. The van der Waals surface area contributed by atoms with E-state index < -0.39 is 6.10 Å². The molecule has 0 saturated heterocycles. The number of halogens is 1. The lowest BCUT2D eigenvalue weighted by molar-refractivity contribution is -0.139. The molecule has 1 saturated carbocycles. The second-order valence-electron chi connectivity index (χ2n) is 5.31. The van der Waals surface area contributed by atoms with Crippen molar-refractivity contribution in [2.24, 2.45) is 11.7 Å². The second kappa shape index (κ2) is 6.46. The Hall–Kier alpha value is -1.26. The molecule has 1 amide bonds.